The highest BCUT2D eigenvalue weighted by Crippen LogP contribution is 2.35. The summed E-state index contributed by atoms with van der Waals surface area (Å²) in [5.74, 6) is 1.00. The number of halogens is 1. The third kappa shape index (κ3) is 3.73. The van der Waals surface area contributed by atoms with Gasteiger partial charge >= 0.3 is 5.69 Å². The van der Waals surface area contributed by atoms with E-state index in [4.69, 9.17) is 5.10 Å². The lowest BCUT2D eigenvalue weighted by molar-refractivity contribution is -0.384. The van der Waals surface area contributed by atoms with E-state index in [0.717, 1.165) is 17.3 Å². The minimum absolute atomic E-state index is 0.0580. The summed E-state index contributed by atoms with van der Waals surface area (Å²) < 4.78 is 3.40. The number of carbonyl (C=O) groups is 1. The smallest absolute Gasteiger partial charge is 0.295 e. The SMILES string of the molecule is CC(C)Cn1nc(N2CCCC2=O)c2cnc(-c3nn(PI)cc3[N+](=O)[O-])cc21. The van der Waals surface area contributed by atoms with Crippen molar-refractivity contribution < 1.29 is 9.72 Å². The van der Waals surface area contributed by atoms with E-state index in [9.17, 15) is 14.9 Å². The van der Waals surface area contributed by atoms with E-state index in [2.05, 4.69) is 46.0 Å². The van der Waals surface area contributed by atoms with Crippen molar-refractivity contribution in [3.63, 3.8) is 0 Å². The minimum atomic E-state index is -0.443. The molecule has 1 amide bonds. The van der Waals surface area contributed by atoms with Gasteiger partial charge in [0.1, 0.15) is 6.20 Å². The lowest BCUT2D eigenvalue weighted by atomic mass is 10.2. The van der Waals surface area contributed by atoms with Gasteiger partial charge < -0.3 is 0 Å². The largest absolute Gasteiger partial charge is 0.316 e. The number of nitro groups is 1. The van der Waals surface area contributed by atoms with Gasteiger partial charge in [-0.05, 0) is 40.4 Å². The van der Waals surface area contributed by atoms with Crippen LogP contribution in [0.5, 0.6) is 0 Å². The molecule has 1 aliphatic rings. The molecule has 4 rings (SSSR count). The van der Waals surface area contributed by atoms with Gasteiger partial charge in [0.15, 0.2) is 11.5 Å². The topological polar surface area (TPSA) is 112 Å². The molecular formula is C17H19IN7O3P. The second-order valence-corrected chi connectivity index (χ2v) is 9.36. The average molecular weight is 527 g/mol. The fraction of sp³-hybridized carbons (Fsp3) is 0.412. The minimum Gasteiger partial charge on any atom is -0.295 e. The van der Waals surface area contributed by atoms with Gasteiger partial charge in [-0.25, -0.2) is 4.45 Å². The Morgan fingerprint density at radius 1 is 1.38 bits per heavy atom. The zero-order valence-electron chi connectivity index (χ0n) is 15.9. The van der Waals surface area contributed by atoms with Gasteiger partial charge in [-0.2, -0.15) is 10.2 Å². The van der Waals surface area contributed by atoms with Crippen LogP contribution in [-0.4, -0.2) is 41.7 Å². The molecule has 29 heavy (non-hydrogen) atoms. The first kappa shape index (κ1) is 20.1. The maximum absolute atomic E-state index is 12.3. The van der Waals surface area contributed by atoms with Gasteiger partial charge in [0.25, 0.3) is 0 Å². The summed E-state index contributed by atoms with van der Waals surface area (Å²) in [6.45, 7) is 5.47. The lowest BCUT2D eigenvalue weighted by Gasteiger charge is -2.12. The highest BCUT2D eigenvalue weighted by molar-refractivity contribution is 14.2. The van der Waals surface area contributed by atoms with Crippen molar-refractivity contribution in [3.8, 4) is 11.4 Å². The molecule has 3 aromatic heterocycles. The fourth-order valence-corrected chi connectivity index (χ4v) is 4.51. The van der Waals surface area contributed by atoms with Gasteiger partial charge in [-0.15, -0.1) is 0 Å². The van der Waals surface area contributed by atoms with Crippen molar-refractivity contribution in [2.45, 2.75) is 33.2 Å². The molecule has 0 bridgehead atoms. The van der Waals surface area contributed by atoms with Gasteiger partial charge in [0, 0.05) is 25.7 Å². The van der Waals surface area contributed by atoms with E-state index in [1.165, 1.54) is 6.20 Å². The summed E-state index contributed by atoms with van der Waals surface area (Å²) in [6.07, 6.45) is 4.64. The maximum atomic E-state index is 12.3. The van der Waals surface area contributed by atoms with E-state index in [1.807, 2.05) is 4.68 Å². The lowest BCUT2D eigenvalue weighted by Crippen LogP contribution is -2.24. The fourth-order valence-electron chi connectivity index (χ4n) is 3.46. The molecule has 12 heteroatoms. The van der Waals surface area contributed by atoms with Crippen molar-refractivity contribution >= 4 is 56.7 Å². The summed E-state index contributed by atoms with van der Waals surface area (Å²) in [5, 5.41) is 21.3. The molecule has 0 spiro atoms. The Morgan fingerprint density at radius 2 is 2.17 bits per heavy atom. The van der Waals surface area contributed by atoms with E-state index >= 15 is 0 Å². The molecule has 4 heterocycles. The molecule has 1 unspecified atom stereocenters. The van der Waals surface area contributed by atoms with Crippen molar-refractivity contribution in [2.24, 2.45) is 5.92 Å². The standard InChI is InChI=1S/C17H19IN7O3P/c1-10(2)8-23-13-6-12(16-14(25(27)28)9-24(20-16)29-18)19-7-11(13)17(21-23)22-5-3-4-15(22)26/h6-7,9-10,29H,3-5,8H2,1-2H3. The Balaban J connectivity index is 1.88. The Hall–Kier alpha value is -2.14. The number of pyridine rings is 1. The summed E-state index contributed by atoms with van der Waals surface area (Å²) in [5.41, 5.74) is 1.36. The van der Waals surface area contributed by atoms with E-state index in [-0.39, 0.29) is 23.7 Å². The molecule has 1 saturated heterocycles. The first-order valence-corrected chi connectivity index (χ1v) is 13.2. The monoisotopic (exact) mass is 527 g/mol. The number of fused-ring (bicyclic) bond motifs is 1. The quantitative estimate of drug-likeness (QED) is 0.209. The van der Waals surface area contributed by atoms with Crippen LogP contribution in [0.2, 0.25) is 0 Å². The van der Waals surface area contributed by atoms with Gasteiger partial charge in [-0.1, -0.05) is 13.8 Å². The second-order valence-electron chi connectivity index (χ2n) is 7.28. The molecule has 0 N–H and O–H groups in total. The van der Waals surface area contributed by atoms with Crippen LogP contribution in [0.1, 0.15) is 26.7 Å². The molecule has 1 aliphatic heterocycles. The van der Waals surface area contributed by atoms with Crippen LogP contribution in [0.3, 0.4) is 0 Å². The number of carbonyl (C=O) groups excluding carboxylic acids is 1. The highest BCUT2D eigenvalue weighted by atomic mass is 127. The van der Waals surface area contributed by atoms with Crippen LogP contribution in [-0.2, 0) is 11.3 Å². The zero-order chi connectivity index (χ0) is 20.7. The number of amides is 1. The Morgan fingerprint density at radius 3 is 2.79 bits per heavy atom. The normalized spacial score (nSPS) is 14.9. The van der Waals surface area contributed by atoms with Gasteiger partial charge in [-0.3, -0.25) is 29.5 Å². The molecule has 0 saturated carbocycles. The highest BCUT2D eigenvalue weighted by Gasteiger charge is 2.28. The van der Waals surface area contributed by atoms with Crippen molar-refractivity contribution in [1.29, 1.82) is 0 Å². The van der Waals surface area contributed by atoms with Crippen molar-refractivity contribution in [3.05, 3.63) is 28.6 Å². The third-order valence-electron chi connectivity index (χ3n) is 4.70. The van der Waals surface area contributed by atoms with Crippen LogP contribution in [0, 0.1) is 16.0 Å². The van der Waals surface area contributed by atoms with E-state index < -0.39 is 4.92 Å². The Labute approximate surface area is 181 Å². The third-order valence-corrected chi connectivity index (χ3v) is 6.59. The molecule has 1 atom stereocenters. The van der Waals surface area contributed by atoms with Crippen LogP contribution in [0.15, 0.2) is 18.5 Å². The summed E-state index contributed by atoms with van der Waals surface area (Å²) >= 11 is 2.12. The van der Waals surface area contributed by atoms with Crippen LogP contribution in [0.4, 0.5) is 11.5 Å². The summed E-state index contributed by atoms with van der Waals surface area (Å²) in [4.78, 5) is 29.4. The molecule has 10 nitrogen and oxygen atoms in total. The number of hydrogen-bond donors (Lipinski definition) is 0. The first-order valence-electron chi connectivity index (χ1n) is 9.17. The number of rotatable bonds is 6. The predicted octanol–water partition coefficient (Wildman–Crippen LogP) is 3.78. The summed E-state index contributed by atoms with van der Waals surface area (Å²) in [6, 6.07) is 1.78. The molecule has 1 fully saturated rings. The summed E-state index contributed by atoms with van der Waals surface area (Å²) in [7, 11) is 0. The zero-order valence-corrected chi connectivity index (χ0v) is 19.0. The van der Waals surface area contributed by atoms with Gasteiger partial charge in [0.2, 0.25) is 5.91 Å². The van der Waals surface area contributed by atoms with E-state index in [0.29, 0.717) is 36.9 Å². The molecule has 0 radical (unpaired) electrons. The second kappa shape index (κ2) is 7.94. The van der Waals surface area contributed by atoms with E-state index in [1.54, 1.807) is 21.6 Å². The molecule has 152 valence electrons. The molecule has 3 aromatic rings. The average Bonchev–Trinajstić information content (AvgIpc) is 3.38. The molecule has 0 aliphatic carbocycles. The van der Waals surface area contributed by atoms with Crippen LogP contribution in [0.25, 0.3) is 22.3 Å². The molecule has 0 aromatic carbocycles. The number of aromatic nitrogens is 5. The molecular weight excluding hydrogens is 508 g/mol. The first-order chi connectivity index (χ1) is 13.9. The number of hydrogen-bond acceptors (Lipinski definition) is 6. The van der Waals surface area contributed by atoms with Crippen molar-refractivity contribution in [2.75, 3.05) is 11.4 Å². The van der Waals surface area contributed by atoms with Crippen LogP contribution >= 0.6 is 28.4 Å². The number of anilines is 1. The Kier molecular flexibility index (Phi) is 5.52. The maximum Gasteiger partial charge on any atom is 0.316 e. The van der Waals surface area contributed by atoms with Crippen molar-refractivity contribution in [1.82, 2.24) is 24.3 Å². The number of nitrogens with zero attached hydrogens (tertiary/aromatic N) is 7. The predicted molar refractivity (Wildman–Crippen MR) is 120 cm³/mol. The van der Waals surface area contributed by atoms with Gasteiger partial charge in [0.05, 0.1) is 27.9 Å². The Bertz CT molecular complexity index is 1110. The van der Waals surface area contributed by atoms with Crippen LogP contribution < -0.4 is 4.90 Å².